The van der Waals surface area contributed by atoms with Crippen molar-refractivity contribution in [1.82, 2.24) is 0 Å². The fourth-order valence-electron chi connectivity index (χ4n) is 6.14. The highest BCUT2D eigenvalue weighted by Gasteiger charge is 2.76. The number of carbonyl (C=O) groups is 1. The fourth-order valence-corrected chi connectivity index (χ4v) is 6.29. The molecule has 21 heavy (non-hydrogen) atoms. The third-order valence-electron chi connectivity index (χ3n) is 6.76. The van der Waals surface area contributed by atoms with Crippen LogP contribution in [0.1, 0.15) is 37.7 Å². The van der Waals surface area contributed by atoms with Gasteiger partial charge in [-0.3, -0.25) is 4.79 Å². The van der Waals surface area contributed by atoms with Crippen LogP contribution in [0.15, 0.2) is 30.3 Å². The Labute approximate surface area is 131 Å². The molecule has 0 aromatic heterocycles. The van der Waals surface area contributed by atoms with E-state index in [2.05, 4.69) is 30.3 Å². The van der Waals surface area contributed by atoms with E-state index in [1.807, 2.05) is 0 Å². The van der Waals surface area contributed by atoms with Crippen molar-refractivity contribution in [2.24, 2.45) is 28.9 Å². The van der Waals surface area contributed by atoms with Crippen LogP contribution >= 0.6 is 11.6 Å². The predicted molar refractivity (Wildman–Crippen MR) is 84.0 cm³/mol. The lowest BCUT2D eigenvalue weighted by Crippen LogP contribution is -2.38. The first-order chi connectivity index (χ1) is 10.1. The Morgan fingerprint density at radius 3 is 2.62 bits per heavy atom. The van der Waals surface area contributed by atoms with Gasteiger partial charge in [-0.05, 0) is 60.8 Å². The molecule has 0 spiro atoms. The molecular weight excluding hydrogens is 282 g/mol. The first-order valence-electron chi connectivity index (χ1n) is 8.05. The van der Waals surface area contributed by atoms with E-state index in [1.165, 1.54) is 5.56 Å². The first kappa shape index (κ1) is 13.6. The maximum Gasteiger partial charge on any atom is 0.223 e. The van der Waals surface area contributed by atoms with E-state index in [0.717, 1.165) is 38.0 Å². The SMILES string of the molecule is NC(=O)C12CC3C(CCCCl)C1CC3(c1ccccc1)C2. The van der Waals surface area contributed by atoms with E-state index in [0.29, 0.717) is 17.8 Å². The molecule has 4 saturated carbocycles. The lowest BCUT2D eigenvalue weighted by Gasteiger charge is -2.33. The van der Waals surface area contributed by atoms with Crippen molar-refractivity contribution in [1.29, 1.82) is 0 Å². The average molecular weight is 304 g/mol. The largest absolute Gasteiger partial charge is 0.369 e. The van der Waals surface area contributed by atoms with Crippen LogP contribution in [-0.2, 0) is 10.2 Å². The molecule has 5 atom stereocenters. The van der Waals surface area contributed by atoms with Crippen LogP contribution < -0.4 is 5.73 Å². The second-order valence-electron chi connectivity index (χ2n) is 7.34. The van der Waals surface area contributed by atoms with Crippen molar-refractivity contribution in [3.05, 3.63) is 35.9 Å². The molecule has 1 amide bonds. The van der Waals surface area contributed by atoms with Gasteiger partial charge in [0.05, 0.1) is 5.41 Å². The third-order valence-corrected chi connectivity index (χ3v) is 7.03. The fraction of sp³-hybridized carbons (Fsp3) is 0.611. The molecule has 0 heterocycles. The maximum absolute atomic E-state index is 12.2. The molecule has 1 aromatic rings. The Bertz CT molecular complexity index is 574. The number of hydrogen-bond acceptors (Lipinski definition) is 1. The van der Waals surface area contributed by atoms with E-state index in [-0.39, 0.29) is 16.7 Å². The molecule has 4 aliphatic rings. The Morgan fingerprint density at radius 1 is 1.24 bits per heavy atom. The van der Waals surface area contributed by atoms with Gasteiger partial charge in [0.15, 0.2) is 0 Å². The van der Waals surface area contributed by atoms with Gasteiger partial charge >= 0.3 is 0 Å². The molecule has 1 aromatic carbocycles. The third kappa shape index (κ3) is 1.57. The molecule has 5 rings (SSSR count). The monoisotopic (exact) mass is 303 g/mol. The number of benzene rings is 1. The van der Waals surface area contributed by atoms with Crippen LogP contribution in [0.5, 0.6) is 0 Å². The van der Waals surface area contributed by atoms with E-state index in [4.69, 9.17) is 17.3 Å². The van der Waals surface area contributed by atoms with Gasteiger partial charge in [0.25, 0.3) is 0 Å². The first-order valence-corrected chi connectivity index (χ1v) is 8.59. The number of amides is 1. The normalized spacial score (nSPS) is 42.8. The van der Waals surface area contributed by atoms with E-state index >= 15 is 0 Å². The van der Waals surface area contributed by atoms with Crippen molar-refractivity contribution in [3.63, 3.8) is 0 Å². The zero-order valence-electron chi connectivity index (χ0n) is 12.2. The number of carbonyl (C=O) groups excluding carboxylic acids is 1. The molecule has 0 radical (unpaired) electrons. The molecule has 3 heteroatoms. The standard InChI is InChI=1S/C18H22ClNO/c19-8-4-7-13-14-10-18(16(20)21)11-17(14,9-15(13)18)12-5-2-1-3-6-12/h1-3,5-6,13-15H,4,7-11H2,(H2,20,21). The number of rotatable bonds is 5. The molecule has 4 bridgehead atoms. The average Bonchev–Trinajstić information content (AvgIpc) is 3.18. The Balaban J connectivity index is 1.75. The highest BCUT2D eigenvalue weighted by molar-refractivity contribution is 6.17. The second-order valence-corrected chi connectivity index (χ2v) is 7.71. The van der Waals surface area contributed by atoms with Gasteiger partial charge in [0.1, 0.15) is 0 Å². The van der Waals surface area contributed by atoms with Gasteiger partial charge in [-0.2, -0.15) is 0 Å². The molecular formula is C18H22ClNO. The van der Waals surface area contributed by atoms with Crippen LogP contribution in [0.2, 0.25) is 0 Å². The molecule has 4 aliphatic carbocycles. The lowest BCUT2D eigenvalue weighted by atomic mass is 9.70. The zero-order chi connectivity index (χ0) is 14.7. The van der Waals surface area contributed by atoms with Gasteiger partial charge in [-0.25, -0.2) is 0 Å². The number of hydrogen-bond donors (Lipinski definition) is 1. The van der Waals surface area contributed by atoms with Gasteiger partial charge in [-0.15, -0.1) is 11.6 Å². The summed E-state index contributed by atoms with van der Waals surface area (Å²) in [4.78, 5) is 12.2. The molecule has 0 saturated heterocycles. The van der Waals surface area contributed by atoms with Crippen LogP contribution in [0.3, 0.4) is 0 Å². The highest BCUT2D eigenvalue weighted by atomic mass is 35.5. The van der Waals surface area contributed by atoms with Crippen molar-refractivity contribution in [3.8, 4) is 0 Å². The minimum absolute atomic E-state index is 0.0545. The molecule has 0 aliphatic heterocycles. The quantitative estimate of drug-likeness (QED) is 0.832. The van der Waals surface area contributed by atoms with E-state index < -0.39 is 0 Å². The summed E-state index contributed by atoms with van der Waals surface area (Å²) < 4.78 is 0. The van der Waals surface area contributed by atoms with Crippen molar-refractivity contribution < 1.29 is 4.79 Å². The summed E-state index contributed by atoms with van der Waals surface area (Å²) in [5.41, 5.74) is 7.26. The van der Waals surface area contributed by atoms with Crippen molar-refractivity contribution in [2.75, 3.05) is 5.88 Å². The summed E-state index contributed by atoms with van der Waals surface area (Å²) in [5.74, 6) is 2.42. The number of nitrogens with two attached hydrogens (primary N) is 1. The van der Waals surface area contributed by atoms with E-state index in [9.17, 15) is 4.79 Å². The van der Waals surface area contributed by atoms with Gasteiger partial charge in [0, 0.05) is 5.88 Å². The van der Waals surface area contributed by atoms with E-state index in [1.54, 1.807) is 0 Å². The minimum Gasteiger partial charge on any atom is -0.369 e. The number of halogens is 1. The molecule has 2 nitrogen and oxygen atoms in total. The van der Waals surface area contributed by atoms with Crippen LogP contribution in [0.25, 0.3) is 0 Å². The minimum atomic E-state index is -0.225. The maximum atomic E-state index is 12.2. The molecule has 2 N–H and O–H groups in total. The number of primary amides is 1. The second kappa shape index (κ2) is 4.49. The highest BCUT2D eigenvalue weighted by Crippen LogP contribution is 2.78. The predicted octanol–water partition coefficient (Wildman–Crippen LogP) is 3.47. The van der Waals surface area contributed by atoms with Crippen LogP contribution in [-0.4, -0.2) is 11.8 Å². The smallest absolute Gasteiger partial charge is 0.223 e. The Morgan fingerprint density at radius 2 is 2.00 bits per heavy atom. The summed E-state index contributed by atoms with van der Waals surface area (Å²) in [6.45, 7) is 0. The van der Waals surface area contributed by atoms with Crippen molar-refractivity contribution >= 4 is 17.5 Å². The number of alkyl halides is 1. The van der Waals surface area contributed by atoms with Crippen LogP contribution in [0.4, 0.5) is 0 Å². The lowest BCUT2D eigenvalue weighted by molar-refractivity contribution is -0.128. The van der Waals surface area contributed by atoms with Gasteiger partial charge in [-0.1, -0.05) is 30.3 Å². The van der Waals surface area contributed by atoms with Gasteiger partial charge < -0.3 is 5.73 Å². The molecule has 112 valence electrons. The van der Waals surface area contributed by atoms with Gasteiger partial charge in [0.2, 0.25) is 5.91 Å². The zero-order valence-corrected chi connectivity index (χ0v) is 13.0. The topological polar surface area (TPSA) is 43.1 Å². The summed E-state index contributed by atoms with van der Waals surface area (Å²) in [6.07, 6.45) is 5.35. The summed E-state index contributed by atoms with van der Waals surface area (Å²) >= 11 is 5.90. The van der Waals surface area contributed by atoms with Crippen molar-refractivity contribution in [2.45, 2.75) is 37.5 Å². The Kier molecular flexibility index (Phi) is 2.91. The molecule has 5 unspecified atom stereocenters. The summed E-state index contributed by atoms with van der Waals surface area (Å²) in [7, 11) is 0. The summed E-state index contributed by atoms with van der Waals surface area (Å²) in [5, 5.41) is 0. The Hall–Kier alpha value is -1.02. The van der Waals surface area contributed by atoms with Crippen LogP contribution in [0, 0.1) is 23.2 Å². The molecule has 4 fully saturated rings. The summed E-state index contributed by atoms with van der Waals surface area (Å²) in [6, 6.07) is 10.8.